The molecule has 1 aromatic carbocycles. The number of methoxy groups -OCH3 is 1. The van der Waals surface area contributed by atoms with Crippen LogP contribution in [-0.4, -0.2) is 26.3 Å². The molecule has 0 aromatic heterocycles. The van der Waals surface area contributed by atoms with Gasteiger partial charge in [0.05, 0.1) is 7.11 Å². The molecule has 1 N–H and O–H groups in total. The molecule has 1 atom stereocenters. The van der Waals surface area contributed by atoms with Crippen LogP contribution < -0.4 is 14.8 Å². The third-order valence-corrected chi connectivity index (χ3v) is 2.28. The molecule has 0 aliphatic heterocycles. The fourth-order valence-corrected chi connectivity index (χ4v) is 1.36. The van der Waals surface area contributed by atoms with Gasteiger partial charge in [0.2, 0.25) is 0 Å². The first-order valence-electron chi connectivity index (χ1n) is 5.76. The third kappa shape index (κ3) is 4.53. The van der Waals surface area contributed by atoms with Crippen LogP contribution in [0.1, 0.15) is 20.3 Å². The Morgan fingerprint density at radius 2 is 2.06 bits per heavy atom. The summed E-state index contributed by atoms with van der Waals surface area (Å²) in [5.74, 6) is 1.68. The third-order valence-electron chi connectivity index (χ3n) is 2.28. The van der Waals surface area contributed by atoms with Gasteiger partial charge in [0, 0.05) is 12.1 Å². The van der Waals surface area contributed by atoms with E-state index in [9.17, 15) is 0 Å². The van der Waals surface area contributed by atoms with Crippen molar-refractivity contribution in [3.05, 3.63) is 24.3 Å². The minimum Gasteiger partial charge on any atom is -0.497 e. The van der Waals surface area contributed by atoms with Crippen molar-refractivity contribution in [3.8, 4) is 11.5 Å². The molecule has 0 heterocycles. The Balaban J connectivity index is 2.35. The van der Waals surface area contributed by atoms with Crippen LogP contribution in [0.2, 0.25) is 0 Å². The summed E-state index contributed by atoms with van der Waals surface area (Å²) in [7, 11) is 1.66. The first kappa shape index (κ1) is 12.8. The highest BCUT2D eigenvalue weighted by Gasteiger charge is 2.02. The van der Waals surface area contributed by atoms with Crippen molar-refractivity contribution in [1.29, 1.82) is 0 Å². The van der Waals surface area contributed by atoms with E-state index < -0.39 is 0 Å². The standard InChI is InChI=1S/C13H21NO2/c1-4-8-14-11(2)10-16-13-7-5-6-12(9-13)15-3/h5-7,9,11,14H,4,8,10H2,1-3H3. The highest BCUT2D eigenvalue weighted by molar-refractivity contribution is 5.32. The molecule has 0 aliphatic rings. The second-order valence-electron chi connectivity index (χ2n) is 3.85. The molecule has 90 valence electrons. The Morgan fingerprint density at radius 1 is 1.31 bits per heavy atom. The van der Waals surface area contributed by atoms with Crippen LogP contribution in [0.15, 0.2) is 24.3 Å². The van der Waals surface area contributed by atoms with Crippen molar-refractivity contribution >= 4 is 0 Å². The Morgan fingerprint density at radius 3 is 2.75 bits per heavy atom. The molecular formula is C13H21NO2. The Kier molecular flexibility index (Phi) is 5.72. The summed E-state index contributed by atoms with van der Waals surface area (Å²) in [6.07, 6.45) is 1.14. The number of rotatable bonds is 7. The van der Waals surface area contributed by atoms with Crippen LogP contribution in [0.4, 0.5) is 0 Å². The minimum absolute atomic E-state index is 0.367. The van der Waals surface area contributed by atoms with Crippen LogP contribution >= 0.6 is 0 Å². The van der Waals surface area contributed by atoms with E-state index >= 15 is 0 Å². The number of benzene rings is 1. The van der Waals surface area contributed by atoms with Gasteiger partial charge in [-0.05, 0) is 32.0 Å². The zero-order valence-corrected chi connectivity index (χ0v) is 10.3. The maximum atomic E-state index is 5.66. The topological polar surface area (TPSA) is 30.5 Å². The lowest BCUT2D eigenvalue weighted by atomic mass is 10.3. The summed E-state index contributed by atoms with van der Waals surface area (Å²) in [5.41, 5.74) is 0. The highest BCUT2D eigenvalue weighted by atomic mass is 16.5. The van der Waals surface area contributed by atoms with E-state index in [4.69, 9.17) is 9.47 Å². The predicted octanol–water partition coefficient (Wildman–Crippen LogP) is 2.46. The average Bonchev–Trinajstić information content (AvgIpc) is 2.34. The molecule has 0 aliphatic carbocycles. The Hall–Kier alpha value is -1.22. The zero-order valence-electron chi connectivity index (χ0n) is 10.3. The summed E-state index contributed by atoms with van der Waals surface area (Å²) in [6, 6.07) is 8.04. The van der Waals surface area contributed by atoms with Crippen LogP contribution in [-0.2, 0) is 0 Å². The molecule has 1 aromatic rings. The van der Waals surface area contributed by atoms with Gasteiger partial charge in [0.25, 0.3) is 0 Å². The summed E-state index contributed by atoms with van der Waals surface area (Å²) >= 11 is 0. The molecule has 16 heavy (non-hydrogen) atoms. The van der Waals surface area contributed by atoms with Gasteiger partial charge >= 0.3 is 0 Å². The molecule has 0 bridgehead atoms. The maximum absolute atomic E-state index is 5.66. The predicted molar refractivity (Wildman–Crippen MR) is 66.2 cm³/mol. The number of ether oxygens (including phenoxy) is 2. The van der Waals surface area contributed by atoms with Gasteiger partial charge in [0.1, 0.15) is 18.1 Å². The van der Waals surface area contributed by atoms with E-state index in [2.05, 4.69) is 19.2 Å². The maximum Gasteiger partial charge on any atom is 0.123 e. The van der Waals surface area contributed by atoms with Crippen LogP contribution in [0.5, 0.6) is 11.5 Å². The molecule has 0 amide bonds. The van der Waals surface area contributed by atoms with E-state index in [-0.39, 0.29) is 0 Å². The van der Waals surface area contributed by atoms with Gasteiger partial charge < -0.3 is 14.8 Å². The summed E-state index contributed by atoms with van der Waals surface area (Å²) in [4.78, 5) is 0. The smallest absolute Gasteiger partial charge is 0.123 e. The zero-order chi connectivity index (χ0) is 11.8. The largest absolute Gasteiger partial charge is 0.497 e. The normalized spacial score (nSPS) is 12.2. The van der Waals surface area contributed by atoms with Crippen molar-refractivity contribution in [3.63, 3.8) is 0 Å². The Bertz CT molecular complexity index is 302. The van der Waals surface area contributed by atoms with Gasteiger partial charge in [-0.25, -0.2) is 0 Å². The fourth-order valence-electron chi connectivity index (χ4n) is 1.36. The SMILES string of the molecule is CCCNC(C)COc1cccc(OC)c1. The van der Waals surface area contributed by atoms with E-state index in [1.54, 1.807) is 7.11 Å². The average molecular weight is 223 g/mol. The monoisotopic (exact) mass is 223 g/mol. The van der Waals surface area contributed by atoms with Gasteiger partial charge in [-0.2, -0.15) is 0 Å². The molecule has 0 spiro atoms. The van der Waals surface area contributed by atoms with E-state index in [1.807, 2.05) is 24.3 Å². The highest BCUT2D eigenvalue weighted by Crippen LogP contribution is 2.18. The number of hydrogen-bond acceptors (Lipinski definition) is 3. The molecular weight excluding hydrogens is 202 g/mol. The van der Waals surface area contributed by atoms with Crippen molar-refractivity contribution in [2.75, 3.05) is 20.3 Å². The molecule has 0 saturated carbocycles. The van der Waals surface area contributed by atoms with Crippen LogP contribution in [0, 0.1) is 0 Å². The quantitative estimate of drug-likeness (QED) is 0.770. The summed E-state index contributed by atoms with van der Waals surface area (Å²) < 4.78 is 10.8. The minimum atomic E-state index is 0.367. The van der Waals surface area contributed by atoms with Crippen LogP contribution in [0.25, 0.3) is 0 Å². The van der Waals surface area contributed by atoms with Crippen molar-refractivity contribution in [2.24, 2.45) is 0 Å². The second kappa shape index (κ2) is 7.12. The van der Waals surface area contributed by atoms with E-state index in [1.165, 1.54) is 0 Å². The number of hydrogen-bond donors (Lipinski definition) is 1. The lowest BCUT2D eigenvalue weighted by molar-refractivity contribution is 0.272. The van der Waals surface area contributed by atoms with E-state index in [0.717, 1.165) is 24.5 Å². The van der Waals surface area contributed by atoms with Gasteiger partial charge in [-0.15, -0.1) is 0 Å². The lowest BCUT2D eigenvalue weighted by Gasteiger charge is -2.14. The molecule has 1 unspecified atom stereocenters. The molecule has 1 rings (SSSR count). The van der Waals surface area contributed by atoms with E-state index in [0.29, 0.717) is 12.6 Å². The molecule has 3 nitrogen and oxygen atoms in total. The summed E-state index contributed by atoms with van der Waals surface area (Å²) in [6.45, 7) is 5.98. The Labute approximate surface area is 97.8 Å². The molecule has 0 radical (unpaired) electrons. The first-order valence-corrected chi connectivity index (χ1v) is 5.76. The molecule has 0 fully saturated rings. The van der Waals surface area contributed by atoms with Gasteiger partial charge in [-0.3, -0.25) is 0 Å². The van der Waals surface area contributed by atoms with Crippen molar-refractivity contribution in [1.82, 2.24) is 5.32 Å². The fraction of sp³-hybridized carbons (Fsp3) is 0.538. The molecule has 3 heteroatoms. The van der Waals surface area contributed by atoms with Gasteiger partial charge in [-0.1, -0.05) is 13.0 Å². The number of nitrogens with one attached hydrogen (secondary N) is 1. The molecule has 0 saturated heterocycles. The van der Waals surface area contributed by atoms with Crippen molar-refractivity contribution < 1.29 is 9.47 Å². The van der Waals surface area contributed by atoms with Crippen LogP contribution in [0.3, 0.4) is 0 Å². The summed E-state index contributed by atoms with van der Waals surface area (Å²) in [5, 5.41) is 3.37. The first-order chi connectivity index (χ1) is 7.76. The van der Waals surface area contributed by atoms with Crippen molar-refractivity contribution in [2.45, 2.75) is 26.3 Å². The lowest BCUT2D eigenvalue weighted by Crippen LogP contribution is -2.32. The second-order valence-corrected chi connectivity index (χ2v) is 3.85. The van der Waals surface area contributed by atoms with Gasteiger partial charge in [0.15, 0.2) is 0 Å².